The minimum Gasteiger partial charge on any atom is -0.381 e. The Labute approximate surface area is 92.0 Å². The van der Waals surface area contributed by atoms with Gasteiger partial charge in [-0.25, -0.2) is 0 Å². The lowest BCUT2D eigenvalue weighted by Gasteiger charge is -2.16. The summed E-state index contributed by atoms with van der Waals surface area (Å²) >= 11 is 0. The van der Waals surface area contributed by atoms with Crippen LogP contribution in [0.1, 0.15) is 40.5 Å². The van der Waals surface area contributed by atoms with E-state index in [9.17, 15) is 9.90 Å². The molecule has 0 aliphatic rings. The lowest BCUT2D eigenvalue weighted by atomic mass is 10.1. The van der Waals surface area contributed by atoms with E-state index in [1.54, 1.807) is 0 Å². The van der Waals surface area contributed by atoms with Crippen molar-refractivity contribution >= 4 is 5.91 Å². The fourth-order valence-corrected chi connectivity index (χ4v) is 0.964. The third kappa shape index (κ3) is 8.39. The zero-order valence-electron chi connectivity index (χ0n) is 10.2. The predicted molar refractivity (Wildman–Crippen MR) is 59.6 cm³/mol. The number of rotatable bonds is 7. The Balaban J connectivity index is 3.36. The molecule has 0 bridgehead atoms. The van der Waals surface area contributed by atoms with Crippen molar-refractivity contribution in [3.63, 3.8) is 0 Å². The highest BCUT2D eigenvalue weighted by molar-refractivity contribution is 5.83. The molecular formula is C11H23NO3. The van der Waals surface area contributed by atoms with E-state index in [1.165, 1.54) is 13.8 Å². The van der Waals surface area contributed by atoms with Crippen LogP contribution in [0.4, 0.5) is 0 Å². The van der Waals surface area contributed by atoms with E-state index in [0.717, 1.165) is 19.4 Å². The first-order chi connectivity index (χ1) is 6.84. The summed E-state index contributed by atoms with van der Waals surface area (Å²) in [5.74, 6) is -0.327. The summed E-state index contributed by atoms with van der Waals surface area (Å²) in [6.45, 7) is 8.25. The monoisotopic (exact) mass is 217 g/mol. The third-order valence-corrected chi connectivity index (χ3v) is 1.86. The van der Waals surface area contributed by atoms with Crippen LogP contribution < -0.4 is 5.32 Å². The molecule has 0 aromatic heterocycles. The van der Waals surface area contributed by atoms with Crippen molar-refractivity contribution in [2.45, 2.75) is 52.2 Å². The van der Waals surface area contributed by atoms with Crippen LogP contribution in [0, 0.1) is 0 Å². The minimum atomic E-state index is -1.28. The van der Waals surface area contributed by atoms with Gasteiger partial charge in [-0.1, -0.05) is 0 Å². The molecule has 0 aliphatic carbocycles. The zero-order chi connectivity index (χ0) is 11.9. The molecule has 4 nitrogen and oxygen atoms in total. The van der Waals surface area contributed by atoms with Crippen molar-refractivity contribution < 1.29 is 14.6 Å². The molecule has 0 aliphatic heterocycles. The number of nitrogens with one attached hydrogen (secondary N) is 1. The average Bonchev–Trinajstić information content (AvgIpc) is 2.08. The fourth-order valence-electron chi connectivity index (χ4n) is 0.964. The summed E-state index contributed by atoms with van der Waals surface area (Å²) in [6, 6.07) is 0. The molecule has 2 N–H and O–H groups in total. The maximum absolute atomic E-state index is 11.2. The number of aliphatic hydroxyl groups is 1. The van der Waals surface area contributed by atoms with Crippen LogP contribution >= 0.6 is 0 Å². The Bertz CT molecular complexity index is 185. The maximum Gasteiger partial charge on any atom is 0.251 e. The molecule has 0 saturated heterocycles. The number of carbonyl (C=O) groups excluding carboxylic acids is 1. The Hall–Kier alpha value is -0.610. The second-order valence-electron chi connectivity index (χ2n) is 4.44. The van der Waals surface area contributed by atoms with Crippen molar-refractivity contribution in [1.29, 1.82) is 0 Å². The Morgan fingerprint density at radius 2 is 2.00 bits per heavy atom. The van der Waals surface area contributed by atoms with Crippen LogP contribution in [-0.4, -0.2) is 35.9 Å². The normalized spacial score (nSPS) is 11.9. The molecule has 0 spiro atoms. The van der Waals surface area contributed by atoms with Crippen molar-refractivity contribution in [3.05, 3.63) is 0 Å². The number of hydrogen-bond acceptors (Lipinski definition) is 3. The lowest BCUT2D eigenvalue weighted by Crippen LogP contribution is -2.42. The third-order valence-electron chi connectivity index (χ3n) is 1.86. The van der Waals surface area contributed by atoms with Gasteiger partial charge in [-0.3, -0.25) is 4.79 Å². The molecule has 4 heteroatoms. The van der Waals surface area contributed by atoms with Crippen molar-refractivity contribution in [2.24, 2.45) is 0 Å². The molecule has 0 atom stereocenters. The second-order valence-corrected chi connectivity index (χ2v) is 4.44. The molecule has 0 fully saturated rings. The first-order valence-electron chi connectivity index (χ1n) is 5.46. The Kier molecular flexibility index (Phi) is 6.52. The summed E-state index contributed by atoms with van der Waals surface area (Å²) in [6.07, 6.45) is 2.05. The summed E-state index contributed by atoms with van der Waals surface area (Å²) < 4.78 is 5.35. The van der Waals surface area contributed by atoms with Gasteiger partial charge in [-0.05, 0) is 40.5 Å². The summed E-state index contributed by atoms with van der Waals surface area (Å²) in [5.41, 5.74) is -1.28. The van der Waals surface area contributed by atoms with E-state index >= 15 is 0 Å². The lowest BCUT2D eigenvalue weighted by molar-refractivity contribution is -0.136. The van der Waals surface area contributed by atoms with E-state index in [1.807, 2.05) is 13.8 Å². The molecule has 0 aromatic carbocycles. The summed E-state index contributed by atoms with van der Waals surface area (Å²) in [7, 11) is 0. The highest BCUT2D eigenvalue weighted by Crippen LogP contribution is 2.00. The van der Waals surface area contributed by atoms with Crippen LogP contribution in [0.15, 0.2) is 0 Å². The van der Waals surface area contributed by atoms with Crippen LogP contribution in [0.3, 0.4) is 0 Å². The van der Waals surface area contributed by atoms with Gasteiger partial charge in [0, 0.05) is 13.2 Å². The Morgan fingerprint density at radius 3 is 2.47 bits per heavy atom. The maximum atomic E-state index is 11.2. The van der Waals surface area contributed by atoms with Gasteiger partial charge in [0.15, 0.2) is 0 Å². The van der Waals surface area contributed by atoms with E-state index in [-0.39, 0.29) is 12.0 Å². The number of hydrogen-bond donors (Lipinski definition) is 2. The molecule has 90 valence electrons. The van der Waals surface area contributed by atoms with Gasteiger partial charge in [-0.15, -0.1) is 0 Å². The van der Waals surface area contributed by atoms with E-state index < -0.39 is 5.60 Å². The van der Waals surface area contributed by atoms with Gasteiger partial charge in [0.05, 0.1) is 6.10 Å². The minimum absolute atomic E-state index is 0.260. The van der Waals surface area contributed by atoms with Crippen molar-refractivity contribution in [1.82, 2.24) is 5.32 Å². The molecule has 0 saturated carbocycles. The van der Waals surface area contributed by atoms with Gasteiger partial charge in [0.1, 0.15) is 5.60 Å². The van der Waals surface area contributed by atoms with Crippen LogP contribution in [0.2, 0.25) is 0 Å². The number of ether oxygens (including phenoxy) is 1. The van der Waals surface area contributed by atoms with E-state index in [4.69, 9.17) is 4.74 Å². The molecule has 0 unspecified atom stereocenters. The number of carbonyl (C=O) groups is 1. The summed E-state index contributed by atoms with van der Waals surface area (Å²) in [5, 5.41) is 12.0. The van der Waals surface area contributed by atoms with E-state index in [2.05, 4.69) is 5.32 Å². The molecule has 15 heavy (non-hydrogen) atoms. The SMILES string of the molecule is CC(C)OCCCCNC(=O)C(C)(C)O. The average molecular weight is 217 g/mol. The van der Waals surface area contributed by atoms with Gasteiger partial charge in [0.25, 0.3) is 5.91 Å². The number of unbranched alkanes of at least 4 members (excludes halogenated alkanes) is 1. The topological polar surface area (TPSA) is 58.6 Å². The predicted octanol–water partition coefficient (Wildman–Crippen LogP) is 1.08. The van der Waals surface area contributed by atoms with Gasteiger partial charge in [-0.2, -0.15) is 0 Å². The first-order valence-corrected chi connectivity index (χ1v) is 5.46. The van der Waals surface area contributed by atoms with Crippen molar-refractivity contribution in [2.75, 3.05) is 13.2 Å². The molecular weight excluding hydrogens is 194 g/mol. The second kappa shape index (κ2) is 6.80. The standard InChI is InChI=1S/C11H23NO3/c1-9(2)15-8-6-5-7-12-10(13)11(3,4)14/h9,14H,5-8H2,1-4H3,(H,12,13). The fraction of sp³-hybridized carbons (Fsp3) is 0.909. The highest BCUT2D eigenvalue weighted by atomic mass is 16.5. The van der Waals surface area contributed by atoms with Gasteiger partial charge in [0.2, 0.25) is 0 Å². The van der Waals surface area contributed by atoms with Gasteiger partial charge < -0.3 is 15.2 Å². The van der Waals surface area contributed by atoms with Crippen LogP contribution in [0.25, 0.3) is 0 Å². The largest absolute Gasteiger partial charge is 0.381 e. The molecule has 1 amide bonds. The molecule has 0 heterocycles. The van der Waals surface area contributed by atoms with Crippen LogP contribution in [0.5, 0.6) is 0 Å². The molecule has 0 rings (SSSR count). The van der Waals surface area contributed by atoms with Crippen LogP contribution in [-0.2, 0) is 9.53 Å². The summed E-state index contributed by atoms with van der Waals surface area (Å²) in [4.78, 5) is 11.2. The van der Waals surface area contributed by atoms with Crippen molar-refractivity contribution in [3.8, 4) is 0 Å². The molecule has 0 aromatic rings. The quantitative estimate of drug-likeness (QED) is 0.627. The van der Waals surface area contributed by atoms with Gasteiger partial charge >= 0.3 is 0 Å². The number of amides is 1. The highest BCUT2D eigenvalue weighted by Gasteiger charge is 2.22. The smallest absolute Gasteiger partial charge is 0.251 e. The van der Waals surface area contributed by atoms with E-state index in [0.29, 0.717) is 6.54 Å². The molecule has 0 radical (unpaired) electrons. The zero-order valence-corrected chi connectivity index (χ0v) is 10.2. The first kappa shape index (κ1) is 14.4. The Morgan fingerprint density at radius 1 is 1.40 bits per heavy atom.